The van der Waals surface area contributed by atoms with Gasteiger partial charge in [-0.2, -0.15) is 18.3 Å². The molecule has 2 aliphatic rings. The number of fused-ring (bicyclic) bond motifs is 2. The first-order valence-corrected chi connectivity index (χ1v) is 13.5. The zero-order valence-electron chi connectivity index (χ0n) is 22.4. The fraction of sp³-hybridized carbons (Fsp3) is 0.323. The second kappa shape index (κ2) is 10.8. The number of morpholine rings is 1. The van der Waals surface area contributed by atoms with Crippen LogP contribution in [-0.4, -0.2) is 51.8 Å². The summed E-state index contributed by atoms with van der Waals surface area (Å²) in [6, 6.07) is 11.6. The number of halogens is 4. The topological polar surface area (TPSA) is 60.2 Å². The highest BCUT2D eigenvalue weighted by Gasteiger charge is 2.37. The summed E-state index contributed by atoms with van der Waals surface area (Å²) >= 11 is 0. The number of ketones is 1. The number of hydrogen-bond donors (Lipinski definition) is 0. The summed E-state index contributed by atoms with van der Waals surface area (Å²) in [5.41, 5.74) is 2.51. The number of pyridine rings is 1. The molecule has 212 valence electrons. The van der Waals surface area contributed by atoms with E-state index in [-0.39, 0.29) is 17.8 Å². The average molecular weight is 565 g/mol. The number of benzene rings is 2. The lowest BCUT2D eigenvalue weighted by Gasteiger charge is -2.29. The summed E-state index contributed by atoms with van der Waals surface area (Å²) in [4.78, 5) is 20.3. The molecule has 10 heteroatoms. The fourth-order valence-corrected chi connectivity index (χ4v) is 5.79. The minimum absolute atomic E-state index is 0.0851. The number of ether oxygens (including phenoxy) is 1. The van der Waals surface area contributed by atoms with Crippen molar-refractivity contribution in [3.05, 3.63) is 106 Å². The van der Waals surface area contributed by atoms with Crippen LogP contribution in [0.1, 0.15) is 41.0 Å². The molecule has 2 aliphatic heterocycles. The molecule has 0 saturated carbocycles. The molecule has 0 spiro atoms. The van der Waals surface area contributed by atoms with E-state index in [0.29, 0.717) is 31.8 Å². The van der Waals surface area contributed by atoms with Gasteiger partial charge in [-0.05, 0) is 47.7 Å². The first-order valence-electron chi connectivity index (χ1n) is 13.5. The van der Waals surface area contributed by atoms with E-state index in [0.717, 1.165) is 58.5 Å². The smallest absolute Gasteiger partial charge is 0.379 e. The third kappa shape index (κ3) is 5.54. The second-order valence-corrected chi connectivity index (χ2v) is 10.6. The van der Waals surface area contributed by atoms with Crippen molar-refractivity contribution in [1.82, 2.24) is 19.7 Å². The maximum atomic E-state index is 14.8. The van der Waals surface area contributed by atoms with E-state index in [2.05, 4.69) is 9.88 Å². The Morgan fingerprint density at radius 1 is 1.05 bits per heavy atom. The van der Waals surface area contributed by atoms with Gasteiger partial charge < -0.3 is 4.74 Å². The highest BCUT2D eigenvalue weighted by Crippen LogP contribution is 2.39. The predicted molar refractivity (Wildman–Crippen MR) is 145 cm³/mol. The van der Waals surface area contributed by atoms with Crippen LogP contribution in [0.4, 0.5) is 17.6 Å². The SMILES string of the molecule is CC1=C(C(=O)Cc2ccc3cnccc3c2)C(c2ccc(C(F)(F)F)c(F)c2)n2nc(CN3CCOCC3)cc2C1. The van der Waals surface area contributed by atoms with Gasteiger partial charge in [0, 0.05) is 61.5 Å². The van der Waals surface area contributed by atoms with Crippen molar-refractivity contribution >= 4 is 16.6 Å². The monoisotopic (exact) mass is 564 g/mol. The van der Waals surface area contributed by atoms with Crippen molar-refractivity contribution in [2.45, 2.75) is 38.5 Å². The number of carbonyl (C=O) groups excluding carboxylic acids is 1. The zero-order chi connectivity index (χ0) is 28.7. The molecule has 2 aromatic heterocycles. The van der Waals surface area contributed by atoms with Crippen LogP contribution >= 0.6 is 0 Å². The summed E-state index contributed by atoms with van der Waals surface area (Å²) in [6.45, 7) is 5.21. The Balaban J connectivity index is 1.39. The molecule has 2 aromatic carbocycles. The minimum Gasteiger partial charge on any atom is -0.379 e. The fourth-order valence-electron chi connectivity index (χ4n) is 5.79. The molecule has 6 rings (SSSR count). The van der Waals surface area contributed by atoms with Crippen molar-refractivity contribution in [1.29, 1.82) is 0 Å². The lowest BCUT2D eigenvalue weighted by Crippen LogP contribution is -2.35. The summed E-state index contributed by atoms with van der Waals surface area (Å²) < 4.78 is 62.1. The summed E-state index contributed by atoms with van der Waals surface area (Å²) in [6.07, 6.45) is -0.850. The normalized spacial score (nSPS) is 18.1. The summed E-state index contributed by atoms with van der Waals surface area (Å²) in [7, 11) is 0. The molecule has 4 heterocycles. The summed E-state index contributed by atoms with van der Waals surface area (Å²) in [5.74, 6) is -1.56. The van der Waals surface area contributed by atoms with Gasteiger partial charge in [0.15, 0.2) is 5.78 Å². The van der Waals surface area contributed by atoms with Gasteiger partial charge in [-0.3, -0.25) is 19.4 Å². The molecule has 6 nitrogen and oxygen atoms in total. The Morgan fingerprint density at radius 3 is 2.61 bits per heavy atom. The van der Waals surface area contributed by atoms with Crippen LogP contribution in [0.5, 0.6) is 0 Å². The number of Topliss-reactive ketones (excluding diaryl/α,β-unsaturated/α-hetero) is 1. The van der Waals surface area contributed by atoms with Gasteiger partial charge in [0.25, 0.3) is 0 Å². The number of rotatable bonds is 6. The molecule has 1 atom stereocenters. The van der Waals surface area contributed by atoms with Gasteiger partial charge in [-0.15, -0.1) is 0 Å². The van der Waals surface area contributed by atoms with Crippen molar-refractivity contribution in [3.8, 4) is 0 Å². The third-order valence-corrected chi connectivity index (χ3v) is 7.76. The molecule has 0 amide bonds. The quantitative estimate of drug-likeness (QED) is 0.282. The van der Waals surface area contributed by atoms with E-state index in [9.17, 15) is 22.4 Å². The van der Waals surface area contributed by atoms with Crippen molar-refractivity contribution in [3.63, 3.8) is 0 Å². The maximum Gasteiger partial charge on any atom is 0.419 e. The van der Waals surface area contributed by atoms with Gasteiger partial charge in [-0.25, -0.2) is 4.39 Å². The van der Waals surface area contributed by atoms with Gasteiger partial charge >= 0.3 is 6.18 Å². The van der Waals surface area contributed by atoms with Gasteiger partial charge in [0.1, 0.15) is 11.9 Å². The van der Waals surface area contributed by atoms with Crippen molar-refractivity contribution in [2.75, 3.05) is 26.3 Å². The number of alkyl halides is 3. The highest BCUT2D eigenvalue weighted by molar-refractivity contribution is 5.99. The first-order chi connectivity index (χ1) is 19.7. The minimum atomic E-state index is -4.83. The Kier molecular flexibility index (Phi) is 7.21. The number of hydrogen-bond acceptors (Lipinski definition) is 5. The van der Waals surface area contributed by atoms with Crippen molar-refractivity contribution in [2.24, 2.45) is 0 Å². The van der Waals surface area contributed by atoms with Gasteiger partial charge in [0.05, 0.1) is 24.5 Å². The van der Waals surface area contributed by atoms with Crippen LogP contribution in [0.25, 0.3) is 10.8 Å². The molecular weight excluding hydrogens is 536 g/mol. The van der Waals surface area contributed by atoms with Crippen LogP contribution in [0, 0.1) is 5.82 Å². The number of nitrogens with zero attached hydrogens (tertiary/aromatic N) is 4. The van der Waals surface area contributed by atoms with Crippen LogP contribution in [-0.2, 0) is 35.1 Å². The Hall–Kier alpha value is -3.89. The molecule has 1 unspecified atom stereocenters. The molecule has 0 aliphatic carbocycles. The molecule has 1 fully saturated rings. The molecule has 0 radical (unpaired) electrons. The molecule has 0 bridgehead atoms. The van der Waals surface area contributed by atoms with E-state index in [1.807, 2.05) is 37.3 Å². The van der Waals surface area contributed by atoms with Crippen LogP contribution in [0.2, 0.25) is 0 Å². The largest absolute Gasteiger partial charge is 0.419 e. The Morgan fingerprint density at radius 2 is 1.85 bits per heavy atom. The van der Waals surface area contributed by atoms with Crippen LogP contribution in [0.15, 0.2) is 72.1 Å². The maximum absolute atomic E-state index is 14.8. The number of aromatic nitrogens is 3. The van der Waals surface area contributed by atoms with E-state index in [1.165, 1.54) is 6.07 Å². The Bertz CT molecular complexity index is 1650. The molecule has 0 N–H and O–H groups in total. The highest BCUT2D eigenvalue weighted by atomic mass is 19.4. The van der Waals surface area contributed by atoms with E-state index in [4.69, 9.17) is 9.84 Å². The van der Waals surface area contributed by atoms with E-state index >= 15 is 0 Å². The molecule has 4 aromatic rings. The number of allylic oxidation sites excluding steroid dienone is 2. The lowest BCUT2D eigenvalue weighted by molar-refractivity contribution is -0.140. The van der Waals surface area contributed by atoms with E-state index in [1.54, 1.807) is 17.1 Å². The Labute approximate surface area is 234 Å². The number of carbonyl (C=O) groups is 1. The molecule has 1 saturated heterocycles. The second-order valence-electron chi connectivity index (χ2n) is 10.6. The van der Waals surface area contributed by atoms with Crippen LogP contribution in [0.3, 0.4) is 0 Å². The van der Waals surface area contributed by atoms with Crippen molar-refractivity contribution < 1.29 is 27.1 Å². The van der Waals surface area contributed by atoms with Crippen LogP contribution < -0.4 is 0 Å². The van der Waals surface area contributed by atoms with E-state index < -0.39 is 23.6 Å². The predicted octanol–water partition coefficient (Wildman–Crippen LogP) is 5.70. The molecule has 41 heavy (non-hydrogen) atoms. The summed E-state index contributed by atoms with van der Waals surface area (Å²) in [5, 5.41) is 6.71. The van der Waals surface area contributed by atoms with Gasteiger partial charge in [-0.1, -0.05) is 29.8 Å². The molecular formula is C31H28F4N4O2. The third-order valence-electron chi connectivity index (χ3n) is 7.76. The standard InChI is InChI=1S/C31H28F4N4O2/c1-19-12-25-16-24(18-38-8-10-41-11-9-38)37-39(25)30(22-4-5-26(27(32)15-22)31(33,34)35)29(19)28(40)14-20-2-3-23-17-36-7-6-21(23)13-20/h2-7,13,15-17,30H,8-12,14,18H2,1H3. The average Bonchev–Trinajstić information content (AvgIpc) is 3.33. The van der Waals surface area contributed by atoms with Gasteiger partial charge in [0.2, 0.25) is 0 Å². The lowest BCUT2D eigenvalue weighted by atomic mass is 9.85. The first kappa shape index (κ1) is 27.3. The zero-order valence-corrected chi connectivity index (χ0v) is 22.4.